The van der Waals surface area contributed by atoms with Gasteiger partial charge in [-0.3, -0.25) is 4.99 Å². The lowest BCUT2D eigenvalue weighted by atomic mass is 10.1. The van der Waals surface area contributed by atoms with Gasteiger partial charge in [-0.15, -0.1) is 0 Å². The number of ether oxygens (including phenoxy) is 1. The molecule has 1 fully saturated rings. The molecule has 0 bridgehead atoms. The molecule has 1 aliphatic heterocycles. The summed E-state index contributed by atoms with van der Waals surface area (Å²) in [5.41, 5.74) is 7.19. The Balaban J connectivity index is 1.93. The SMILES string of the molecule is COc1c(Br)cccc1CCN=C(N)N1CCSCC1. The molecule has 1 heterocycles. The van der Waals surface area contributed by atoms with Crippen molar-refractivity contribution in [1.29, 1.82) is 0 Å². The third-order valence-corrected chi connectivity index (χ3v) is 4.81. The highest BCUT2D eigenvalue weighted by atomic mass is 79.9. The lowest BCUT2D eigenvalue weighted by Gasteiger charge is -2.27. The molecule has 2 N–H and O–H groups in total. The standard InChI is InChI=1S/C14H20BrN3OS/c1-19-13-11(3-2-4-12(13)15)5-6-17-14(16)18-7-9-20-10-8-18/h2-4H,5-10H2,1H3,(H2,16,17). The second-order valence-corrected chi connectivity index (χ2v) is 6.60. The number of nitrogens with two attached hydrogens (primary N) is 1. The Bertz CT molecular complexity index is 475. The van der Waals surface area contributed by atoms with E-state index in [2.05, 4.69) is 31.9 Å². The molecule has 20 heavy (non-hydrogen) atoms. The predicted octanol–water partition coefficient (Wildman–Crippen LogP) is 2.36. The van der Waals surface area contributed by atoms with E-state index in [1.54, 1.807) is 7.11 Å². The van der Waals surface area contributed by atoms with Crippen molar-refractivity contribution < 1.29 is 4.74 Å². The lowest BCUT2D eigenvalue weighted by molar-refractivity contribution is 0.407. The van der Waals surface area contributed by atoms with Crippen LogP contribution >= 0.6 is 27.7 Å². The Morgan fingerprint density at radius 3 is 2.90 bits per heavy atom. The summed E-state index contributed by atoms with van der Waals surface area (Å²) in [6.45, 7) is 2.68. The number of hydrogen-bond acceptors (Lipinski definition) is 3. The Hall–Kier alpha value is -0.880. The second-order valence-electron chi connectivity index (χ2n) is 4.52. The van der Waals surface area contributed by atoms with Crippen LogP contribution in [0.3, 0.4) is 0 Å². The van der Waals surface area contributed by atoms with E-state index in [0.717, 1.165) is 46.8 Å². The minimum atomic E-state index is 0.666. The van der Waals surface area contributed by atoms with Crippen LogP contribution in [0.15, 0.2) is 27.7 Å². The van der Waals surface area contributed by atoms with Crippen LogP contribution < -0.4 is 10.5 Å². The zero-order valence-electron chi connectivity index (χ0n) is 11.6. The third-order valence-electron chi connectivity index (χ3n) is 3.24. The van der Waals surface area contributed by atoms with Crippen LogP contribution in [0.5, 0.6) is 5.75 Å². The van der Waals surface area contributed by atoms with Crippen LogP contribution in [0, 0.1) is 0 Å². The summed E-state index contributed by atoms with van der Waals surface area (Å²) in [7, 11) is 1.69. The molecule has 0 saturated carbocycles. The zero-order valence-corrected chi connectivity index (χ0v) is 14.0. The van der Waals surface area contributed by atoms with Crippen LogP contribution in [0.25, 0.3) is 0 Å². The molecular formula is C14H20BrN3OS. The molecule has 0 spiro atoms. The van der Waals surface area contributed by atoms with Crippen molar-refractivity contribution in [2.45, 2.75) is 6.42 Å². The van der Waals surface area contributed by atoms with Gasteiger partial charge in [0.15, 0.2) is 5.96 Å². The van der Waals surface area contributed by atoms with Gasteiger partial charge >= 0.3 is 0 Å². The van der Waals surface area contributed by atoms with Crippen molar-refractivity contribution in [3.8, 4) is 5.75 Å². The molecule has 6 heteroatoms. The number of thioether (sulfide) groups is 1. The summed E-state index contributed by atoms with van der Waals surface area (Å²) in [6, 6.07) is 6.05. The van der Waals surface area contributed by atoms with E-state index >= 15 is 0 Å². The maximum absolute atomic E-state index is 6.04. The van der Waals surface area contributed by atoms with E-state index in [-0.39, 0.29) is 0 Å². The molecule has 0 atom stereocenters. The minimum absolute atomic E-state index is 0.666. The molecule has 110 valence electrons. The van der Waals surface area contributed by atoms with Crippen LogP contribution in [0.1, 0.15) is 5.56 Å². The number of halogens is 1. The molecule has 4 nitrogen and oxygen atoms in total. The normalized spacial score (nSPS) is 16.3. The Morgan fingerprint density at radius 2 is 2.20 bits per heavy atom. The number of guanidine groups is 1. The van der Waals surface area contributed by atoms with Gasteiger partial charge in [0.05, 0.1) is 11.6 Å². The predicted molar refractivity (Wildman–Crippen MR) is 89.8 cm³/mol. The van der Waals surface area contributed by atoms with Gasteiger partial charge in [0.1, 0.15) is 5.75 Å². The van der Waals surface area contributed by atoms with Crippen LogP contribution in [-0.2, 0) is 6.42 Å². The molecule has 1 saturated heterocycles. The highest BCUT2D eigenvalue weighted by Crippen LogP contribution is 2.28. The number of nitrogens with zero attached hydrogens (tertiary/aromatic N) is 2. The van der Waals surface area contributed by atoms with E-state index in [0.29, 0.717) is 12.5 Å². The van der Waals surface area contributed by atoms with E-state index in [1.807, 2.05) is 23.9 Å². The number of methoxy groups -OCH3 is 1. The van der Waals surface area contributed by atoms with Gasteiger partial charge in [0.2, 0.25) is 0 Å². The number of para-hydroxylation sites is 1. The number of aliphatic imine (C=N–C) groups is 1. The highest BCUT2D eigenvalue weighted by molar-refractivity contribution is 9.10. The van der Waals surface area contributed by atoms with Crippen molar-refractivity contribution in [2.75, 3.05) is 38.2 Å². The summed E-state index contributed by atoms with van der Waals surface area (Å²) in [5.74, 6) is 3.82. The van der Waals surface area contributed by atoms with Crippen LogP contribution in [0.4, 0.5) is 0 Å². The van der Waals surface area contributed by atoms with E-state index in [9.17, 15) is 0 Å². The van der Waals surface area contributed by atoms with Gasteiger partial charge < -0.3 is 15.4 Å². The summed E-state index contributed by atoms with van der Waals surface area (Å²) < 4.78 is 6.38. The fourth-order valence-electron chi connectivity index (χ4n) is 2.16. The summed E-state index contributed by atoms with van der Waals surface area (Å²) in [4.78, 5) is 6.65. The third kappa shape index (κ3) is 4.06. The van der Waals surface area contributed by atoms with E-state index < -0.39 is 0 Å². The summed E-state index contributed by atoms with van der Waals surface area (Å²) >= 11 is 5.46. The smallest absolute Gasteiger partial charge is 0.191 e. The first-order chi connectivity index (χ1) is 9.72. The number of rotatable bonds is 4. The molecule has 0 radical (unpaired) electrons. The maximum Gasteiger partial charge on any atom is 0.191 e. The Kier molecular flexibility index (Phi) is 6.04. The Labute approximate surface area is 132 Å². The second kappa shape index (κ2) is 7.78. The molecule has 1 aliphatic rings. The highest BCUT2D eigenvalue weighted by Gasteiger charge is 2.12. The average Bonchev–Trinajstić information content (AvgIpc) is 2.48. The molecule has 1 aromatic rings. The topological polar surface area (TPSA) is 50.9 Å². The monoisotopic (exact) mass is 357 g/mol. The van der Waals surface area contributed by atoms with Crippen molar-refractivity contribution >= 4 is 33.7 Å². The van der Waals surface area contributed by atoms with E-state index in [1.165, 1.54) is 0 Å². The Morgan fingerprint density at radius 1 is 1.45 bits per heavy atom. The first kappa shape index (κ1) is 15.5. The zero-order chi connectivity index (χ0) is 14.4. The summed E-state index contributed by atoms with van der Waals surface area (Å²) in [6.07, 6.45) is 0.825. The van der Waals surface area contributed by atoms with Crippen LogP contribution in [-0.4, -0.2) is 49.1 Å². The largest absolute Gasteiger partial charge is 0.495 e. The summed E-state index contributed by atoms with van der Waals surface area (Å²) in [5, 5.41) is 0. The molecule has 1 aromatic carbocycles. The number of benzene rings is 1. The molecular weight excluding hydrogens is 338 g/mol. The van der Waals surface area contributed by atoms with Gasteiger partial charge in [-0.2, -0.15) is 11.8 Å². The van der Waals surface area contributed by atoms with Gasteiger partial charge in [-0.1, -0.05) is 12.1 Å². The fourth-order valence-corrected chi connectivity index (χ4v) is 3.63. The van der Waals surface area contributed by atoms with Crippen molar-refractivity contribution in [1.82, 2.24) is 4.90 Å². The fraction of sp³-hybridized carbons (Fsp3) is 0.500. The lowest BCUT2D eigenvalue weighted by Crippen LogP contribution is -2.42. The average molecular weight is 358 g/mol. The van der Waals surface area contributed by atoms with Crippen LogP contribution in [0.2, 0.25) is 0 Å². The van der Waals surface area contributed by atoms with Gasteiger partial charge in [0, 0.05) is 31.1 Å². The van der Waals surface area contributed by atoms with Gasteiger partial charge in [-0.25, -0.2) is 0 Å². The van der Waals surface area contributed by atoms with Crippen molar-refractivity contribution in [2.24, 2.45) is 10.7 Å². The molecule has 0 amide bonds. The first-order valence-electron chi connectivity index (χ1n) is 6.66. The minimum Gasteiger partial charge on any atom is -0.495 e. The van der Waals surface area contributed by atoms with Crippen molar-refractivity contribution in [3.63, 3.8) is 0 Å². The molecule has 0 unspecified atom stereocenters. The quantitative estimate of drug-likeness (QED) is 0.663. The van der Waals surface area contributed by atoms with Gasteiger partial charge in [-0.05, 0) is 34.0 Å². The van der Waals surface area contributed by atoms with E-state index in [4.69, 9.17) is 10.5 Å². The number of hydrogen-bond donors (Lipinski definition) is 1. The molecule has 0 aliphatic carbocycles. The maximum atomic E-state index is 6.04. The van der Waals surface area contributed by atoms with Crippen molar-refractivity contribution in [3.05, 3.63) is 28.2 Å². The molecule has 2 rings (SSSR count). The first-order valence-corrected chi connectivity index (χ1v) is 8.61. The van der Waals surface area contributed by atoms with Gasteiger partial charge in [0.25, 0.3) is 0 Å². The molecule has 0 aromatic heterocycles.